The van der Waals surface area contributed by atoms with Crippen LogP contribution in [0.1, 0.15) is 10.4 Å². The van der Waals surface area contributed by atoms with Crippen molar-refractivity contribution in [2.45, 2.75) is 0 Å². The van der Waals surface area contributed by atoms with Crippen LogP contribution in [0.15, 0.2) is 42.5 Å². The summed E-state index contributed by atoms with van der Waals surface area (Å²) in [5.74, 6) is -3.31. The molecule has 0 fully saturated rings. The van der Waals surface area contributed by atoms with Crippen LogP contribution in [0.3, 0.4) is 0 Å². The molecule has 1 amide bonds. The smallest absolute Gasteiger partial charge is 0.245 e. The minimum Gasteiger partial charge on any atom is -0.497 e. The molecule has 5 nitrogen and oxygen atoms in total. The van der Waals surface area contributed by atoms with Crippen molar-refractivity contribution in [1.82, 2.24) is 5.32 Å². The van der Waals surface area contributed by atoms with Gasteiger partial charge in [-0.25, -0.2) is 4.39 Å². The second kappa shape index (κ2) is 7.38. The number of nitrogens with one attached hydrogen (secondary N) is 1. The number of ketones is 1. The van der Waals surface area contributed by atoms with Crippen molar-refractivity contribution in [3.05, 3.63) is 53.8 Å². The minimum atomic E-state index is -1.57. The summed E-state index contributed by atoms with van der Waals surface area (Å²) in [6.45, 7) is 0. The summed E-state index contributed by atoms with van der Waals surface area (Å²) in [7, 11) is 2.86. The third-order valence-electron chi connectivity index (χ3n) is 3.56. The predicted molar refractivity (Wildman–Crippen MR) is 85.9 cm³/mol. The van der Waals surface area contributed by atoms with E-state index in [1.54, 1.807) is 43.5 Å². The molecule has 1 atom stereocenters. The fourth-order valence-electron chi connectivity index (χ4n) is 2.21. The topological polar surface area (TPSA) is 79.2 Å². The van der Waals surface area contributed by atoms with Gasteiger partial charge in [0.15, 0.2) is 11.7 Å². The number of amides is 1. The van der Waals surface area contributed by atoms with Crippen LogP contribution in [0, 0.1) is 23.1 Å². The third kappa shape index (κ3) is 3.41. The number of ether oxygens (including phenoxy) is 1. The first-order valence-electron chi connectivity index (χ1n) is 7.11. The lowest BCUT2D eigenvalue weighted by Crippen LogP contribution is -2.32. The summed E-state index contributed by atoms with van der Waals surface area (Å²) in [5, 5.41) is 11.2. The highest BCUT2D eigenvalue weighted by Gasteiger charge is 2.28. The zero-order valence-corrected chi connectivity index (χ0v) is 13.2. The normalized spacial score (nSPS) is 11.2. The molecule has 6 heteroatoms. The maximum absolute atomic E-state index is 14.3. The number of hydrogen-bond acceptors (Lipinski definition) is 4. The summed E-state index contributed by atoms with van der Waals surface area (Å²) in [6, 6.07) is 12.6. The summed E-state index contributed by atoms with van der Waals surface area (Å²) in [6.07, 6.45) is 0. The molecule has 0 spiro atoms. The Morgan fingerprint density at radius 2 is 1.79 bits per heavy atom. The quantitative estimate of drug-likeness (QED) is 0.676. The van der Waals surface area contributed by atoms with Gasteiger partial charge >= 0.3 is 0 Å². The first-order valence-corrected chi connectivity index (χ1v) is 7.11. The standard InChI is InChI=1S/C18H15FN2O3/c1-21-18(23)15(10-20)17(22)14-8-5-12(9-16(14)19)11-3-6-13(24-2)7-4-11/h3-9,15H,1-2H3,(H,21,23)/t15-/m1/s1. The van der Waals surface area contributed by atoms with Gasteiger partial charge in [-0.2, -0.15) is 5.26 Å². The van der Waals surface area contributed by atoms with E-state index in [1.807, 2.05) is 0 Å². The van der Waals surface area contributed by atoms with Crippen molar-refractivity contribution >= 4 is 11.7 Å². The molecule has 0 radical (unpaired) electrons. The highest BCUT2D eigenvalue weighted by Crippen LogP contribution is 2.25. The van der Waals surface area contributed by atoms with Gasteiger partial charge in [0.05, 0.1) is 18.7 Å². The molecule has 1 N–H and O–H groups in total. The van der Waals surface area contributed by atoms with Crippen LogP contribution in [0.4, 0.5) is 4.39 Å². The van der Waals surface area contributed by atoms with Gasteiger partial charge in [0, 0.05) is 7.05 Å². The molecule has 2 aromatic carbocycles. The Labute approximate surface area is 138 Å². The Morgan fingerprint density at radius 1 is 1.17 bits per heavy atom. The Balaban J connectivity index is 2.34. The van der Waals surface area contributed by atoms with Crippen LogP contribution >= 0.6 is 0 Å². The van der Waals surface area contributed by atoms with E-state index < -0.39 is 23.4 Å². The van der Waals surface area contributed by atoms with Gasteiger partial charge in [-0.05, 0) is 35.4 Å². The lowest BCUT2D eigenvalue weighted by atomic mass is 9.95. The van der Waals surface area contributed by atoms with Gasteiger partial charge in [0.2, 0.25) is 5.91 Å². The molecular formula is C18H15FN2O3. The molecule has 0 aliphatic heterocycles. The molecule has 0 heterocycles. The minimum absolute atomic E-state index is 0.289. The fraction of sp³-hybridized carbons (Fsp3) is 0.167. The fourth-order valence-corrected chi connectivity index (χ4v) is 2.21. The van der Waals surface area contributed by atoms with Gasteiger partial charge in [-0.3, -0.25) is 9.59 Å². The maximum atomic E-state index is 14.3. The van der Waals surface area contributed by atoms with E-state index in [2.05, 4.69) is 5.32 Å². The van der Waals surface area contributed by atoms with Gasteiger partial charge in [-0.1, -0.05) is 18.2 Å². The molecule has 2 aromatic rings. The Bertz CT molecular complexity index is 810. The molecule has 0 aromatic heterocycles. The zero-order valence-electron chi connectivity index (χ0n) is 13.2. The van der Waals surface area contributed by atoms with E-state index in [9.17, 15) is 14.0 Å². The van der Waals surface area contributed by atoms with E-state index in [0.717, 1.165) is 5.56 Å². The first-order chi connectivity index (χ1) is 11.5. The SMILES string of the molecule is CNC(=O)[C@H](C#N)C(=O)c1ccc(-c2ccc(OC)cc2)cc1F. The van der Waals surface area contributed by atoms with E-state index in [4.69, 9.17) is 10.00 Å². The Kier molecular flexibility index (Phi) is 5.27. The van der Waals surface area contributed by atoms with Crippen molar-refractivity contribution in [3.8, 4) is 22.9 Å². The number of nitrogens with zero attached hydrogens (tertiary/aromatic N) is 1. The summed E-state index contributed by atoms with van der Waals surface area (Å²) >= 11 is 0. The van der Waals surface area contributed by atoms with Crippen molar-refractivity contribution in [2.24, 2.45) is 5.92 Å². The number of halogens is 1. The number of carbonyl (C=O) groups is 2. The lowest BCUT2D eigenvalue weighted by molar-refractivity contribution is -0.121. The second-order valence-corrected chi connectivity index (χ2v) is 4.96. The van der Waals surface area contributed by atoms with Crippen LogP contribution < -0.4 is 10.1 Å². The summed E-state index contributed by atoms with van der Waals surface area (Å²) < 4.78 is 19.4. The van der Waals surface area contributed by atoms with Gasteiger partial charge < -0.3 is 10.1 Å². The zero-order chi connectivity index (χ0) is 17.7. The number of carbonyl (C=O) groups excluding carboxylic acids is 2. The maximum Gasteiger partial charge on any atom is 0.245 e. The van der Waals surface area contributed by atoms with Gasteiger partial charge in [0.1, 0.15) is 11.6 Å². The van der Waals surface area contributed by atoms with Crippen molar-refractivity contribution in [3.63, 3.8) is 0 Å². The molecule has 0 aliphatic rings. The Morgan fingerprint density at radius 3 is 2.29 bits per heavy atom. The number of benzene rings is 2. The van der Waals surface area contributed by atoms with Crippen molar-refractivity contribution < 1.29 is 18.7 Å². The first kappa shape index (κ1) is 17.2. The van der Waals surface area contributed by atoms with Gasteiger partial charge in [-0.15, -0.1) is 0 Å². The van der Waals surface area contributed by atoms with Gasteiger partial charge in [0.25, 0.3) is 0 Å². The van der Waals surface area contributed by atoms with E-state index in [-0.39, 0.29) is 5.56 Å². The lowest BCUT2D eigenvalue weighted by Gasteiger charge is -2.09. The monoisotopic (exact) mass is 326 g/mol. The number of methoxy groups -OCH3 is 1. The Hall–Kier alpha value is -3.20. The average Bonchev–Trinajstić information content (AvgIpc) is 2.61. The van der Waals surface area contributed by atoms with E-state index in [0.29, 0.717) is 11.3 Å². The predicted octanol–water partition coefficient (Wildman–Crippen LogP) is 2.57. The number of nitriles is 1. The van der Waals surface area contributed by atoms with Crippen molar-refractivity contribution in [1.29, 1.82) is 5.26 Å². The average molecular weight is 326 g/mol. The van der Waals surface area contributed by atoms with Crippen LogP contribution in [-0.2, 0) is 4.79 Å². The van der Waals surface area contributed by atoms with Crippen molar-refractivity contribution in [2.75, 3.05) is 14.2 Å². The summed E-state index contributed by atoms with van der Waals surface area (Å²) in [4.78, 5) is 23.7. The van der Waals surface area contributed by atoms with Crippen LogP contribution in [-0.4, -0.2) is 25.8 Å². The molecule has 122 valence electrons. The molecule has 2 rings (SSSR count). The van der Waals surface area contributed by atoms with Crippen LogP contribution in [0.25, 0.3) is 11.1 Å². The number of Topliss-reactive ketones (excluding diaryl/α,β-unsaturated/α-hetero) is 1. The molecule has 0 aliphatic carbocycles. The molecule has 24 heavy (non-hydrogen) atoms. The molecule has 0 saturated carbocycles. The van der Waals surface area contributed by atoms with E-state index in [1.165, 1.54) is 19.2 Å². The molecule has 0 unspecified atom stereocenters. The van der Waals surface area contributed by atoms with Crippen LogP contribution in [0.2, 0.25) is 0 Å². The summed E-state index contributed by atoms with van der Waals surface area (Å²) in [5.41, 5.74) is 1.03. The molecular weight excluding hydrogens is 311 g/mol. The van der Waals surface area contributed by atoms with E-state index >= 15 is 0 Å². The van der Waals surface area contributed by atoms with Crippen LogP contribution in [0.5, 0.6) is 5.75 Å². The molecule has 0 saturated heterocycles. The molecule has 0 bridgehead atoms. The second-order valence-electron chi connectivity index (χ2n) is 4.96. The largest absolute Gasteiger partial charge is 0.497 e. The third-order valence-corrected chi connectivity index (χ3v) is 3.56. The number of rotatable bonds is 5. The highest BCUT2D eigenvalue weighted by molar-refractivity contribution is 6.12. The number of hydrogen-bond donors (Lipinski definition) is 1. The highest BCUT2D eigenvalue weighted by atomic mass is 19.1.